The van der Waals surface area contributed by atoms with Crippen LogP contribution in [0.25, 0.3) is 11.2 Å². The number of nitrogens with two attached hydrogens (primary N) is 1. The summed E-state index contributed by atoms with van der Waals surface area (Å²) in [6, 6.07) is 0. The number of methoxy groups -OCH3 is 1. The molecule has 2 rings (SSSR count). The SMILES string of the molecule is CCn1c(=O)n(CCCCN)c(=O)c2c1nc(COC)n2C. The van der Waals surface area contributed by atoms with Crippen molar-refractivity contribution in [1.82, 2.24) is 18.7 Å². The average molecular weight is 309 g/mol. The zero-order valence-corrected chi connectivity index (χ0v) is 13.3. The molecule has 0 saturated heterocycles. The minimum Gasteiger partial charge on any atom is -0.377 e. The van der Waals surface area contributed by atoms with Crippen molar-refractivity contribution >= 4 is 11.2 Å². The first-order chi connectivity index (χ1) is 10.6. The highest BCUT2D eigenvalue weighted by atomic mass is 16.5. The maximum absolute atomic E-state index is 12.7. The molecule has 8 nitrogen and oxygen atoms in total. The first-order valence-electron chi connectivity index (χ1n) is 7.44. The summed E-state index contributed by atoms with van der Waals surface area (Å²) < 4.78 is 9.60. The van der Waals surface area contributed by atoms with E-state index in [0.717, 1.165) is 6.42 Å². The average Bonchev–Trinajstić information content (AvgIpc) is 2.81. The third-order valence-corrected chi connectivity index (χ3v) is 3.76. The number of imidazole rings is 1. The molecule has 22 heavy (non-hydrogen) atoms. The van der Waals surface area contributed by atoms with Gasteiger partial charge in [-0.2, -0.15) is 0 Å². The minimum absolute atomic E-state index is 0.287. The smallest absolute Gasteiger partial charge is 0.332 e. The Bertz CT molecular complexity index is 771. The standard InChI is InChI=1S/C14H23N5O3/c1-4-18-12-11(17(2)10(16-12)9-22-3)13(20)19(14(18)21)8-6-5-7-15/h4-9,15H2,1-3H3. The van der Waals surface area contributed by atoms with E-state index < -0.39 is 0 Å². The fraction of sp³-hybridized carbons (Fsp3) is 0.643. The predicted octanol–water partition coefficient (Wildman–Crippen LogP) is -0.198. The highest BCUT2D eigenvalue weighted by Crippen LogP contribution is 2.10. The molecule has 2 heterocycles. The van der Waals surface area contributed by atoms with E-state index in [1.165, 1.54) is 9.13 Å². The largest absolute Gasteiger partial charge is 0.377 e. The van der Waals surface area contributed by atoms with Crippen LogP contribution in [0.1, 0.15) is 25.6 Å². The maximum Gasteiger partial charge on any atom is 0.332 e. The van der Waals surface area contributed by atoms with Crippen LogP contribution < -0.4 is 17.0 Å². The van der Waals surface area contributed by atoms with Gasteiger partial charge in [-0.1, -0.05) is 0 Å². The van der Waals surface area contributed by atoms with Crippen LogP contribution in [0, 0.1) is 0 Å². The normalized spacial score (nSPS) is 11.5. The van der Waals surface area contributed by atoms with Crippen LogP contribution in [0.2, 0.25) is 0 Å². The van der Waals surface area contributed by atoms with Gasteiger partial charge in [-0.3, -0.25) is 13.9 Å². The molecular weight excluding hydrogens is 286 g/mol. The van der Waals surface area contributed by atoms with Crippen LogP contribution in [-0.2, 0) is 31.5 Å². The quantitative estimate of drug-likeness (QED) is 0.715. The number of unbranched alkanes of at least 4 members (excludes halogenated alkanes) is 1. The first kappa shape index (κ1) is 16.4. The van der Waals surface area contributed by atoms with E-state index in [4.69, 9.17) is 10.5 Å². The second kappa shape index (κ2) is 6.89. The third-order valence-electron chi connectivity index (χ3n) is 3.76. The monoisotopic (exact) mass is 309 g/mol. The number of aromatic nitrogens is 4. The van der Waals surface area contributed by atoms with Crippen molar-refractivity contribution < 1.29 is 4.74 Å². The van der Waals surface area contributed by atoms with Crippen molar-refractivity contribution in [1.29, 1.82) is 0 Å². The van der Waals surface area contributed by atoms with Gasteiger partial charge in [0.15, 0.2) is 11.2 Å². The Balaban J connectivity index is 2.70. The molecule has 0 aliphatic rings. The molecule has 2 aromatic heterocycles. The Hall–Kier alpha value is -1.93. The second-order valence-electron chi connectivity index (χ2n) is 5.17. The van der Waals surface area contributed by atoms with Crippen molar-refractivity contribution in [2.45, 2.75) is 39.5 Å². The molecule has 2 N–H and O–H groups in total. The molecule has 0 saturated carbocycles. The maximum atomic E-state index is 12.7. The molecule has 0 aliphatic carbocycles. The Labute approximate surface area is 128 Å². The van der Waals surface area contributed by atoms with Gasteiger partial charge in [0.25, 0.3) is 5.56 Å². The fourth-order valence-corrected chi connectivity index (χ4v) is 2.56. The van der Waals surface area contributed by atoms with Gasteiger partial charge in [-0.25, -0.2) is 9.78 Å². The summed E-state index contributed by atoms with van der Waals surface area (Å²) in [6.07, 6.45) is 1.47. The minimum atomic E-state index is -0.320. The number of nitrogens with zero attached hydrogens (tertiary/aromatic N) is 4. The summed E-state index contributed by atoms with van der Waals surface area (Å²) >= 11 is 0. The summed E-state index contributed by atoms with van der Waals surface area (Å²) in [5.74, 6) is 0.621. The molecule has 0 aliphatic heterocycles. The summed E-state index contributed by atoms with van der Waals surface area (Å²) in [5, 5.41) is 0. The molecule has 0 radical (unpaired) electrons. The van der Waals surface area contributed by atoms with Crippen LogP contribution in [0.5, 0.6) is 0 Å². The van der Waals surface area contributed by atoms with E-state index in [0.29, 0.717) is 43.0 Å². The van der Waals surface area contributed by atoms with Gasteiger partial charge in [0.05, 0.1) is 0 Å². The van der Waals surface area contributed by atoms with E-state index in [2.05, 4.69) is 4.98 Å². The zero-order chi connectivity index (χ0) is 16.3. The number of hydrogen-bond donors (Lipinski definition) is 1. The fourth-order valence-electron chi connectivity index (χ4n) is 2.56. The summed E-state index contributed by atoms with van der Waals surface area (Å²) in [7, 11) is 3.33. The number of ether oxygens (including phenoxy) is 1. The van der Waals surface area contributed by atoms with Crippen molar-refractivity contribution in [3.63, 3.8) is 0 Å². The van der Waals surface area contributed by atoms with E-state index >= 15 is 0 Å². The van der Waals surface area contributed by atoms with E-state index in [9.17, 15) is 9.59 Å². The molecule has 0 aromatic carbocycles. The van der Waals surface area contributed by atoms with E-state index in [-0.39, 0.29) is 17.9 Å². The number of fused-ring (bicyclic) bond motifs is 1. The lowest BCUT2D eigenvalue weighted by Gasteiger charge is -2.10. The number of hydrogen-bond acceptors (Lipinski definition) is 5. The molecule has 0 atom stereocenters. The molecule has 0 unspecified atom stereocenters. The molecule has 8 heteroatoms. The van der Waals surface area contributed by atoms with Gasteiger partial charge < -0.3 is 15.0 Å². The Morgan fingerprint density at radius 3 is 2.55 bits per heavy atom. The highest BCUT2D eigenvalue weighted by molar-refractivity contribution is 5.71. The first-order valence-corrected chi connectivity index (χ1v) is 7.44. The summed E-state index contributed by atoms with van der Waals surface area (Å²) in [5.41, 5.74) is 5.70. The molecule has 0 fully saturated rings. The van der Waals surface area contributed by atoms with Crippen LogP contribution in [0.15, 0.2) is 9.59 Å². The molecule has 122 valence electrons. The summed E-state index contributed by atoms with van der Waals surface area (Å²) in [6.45, 7) is 3.52. The van der Waals surface area contributed by atoms with E-state index in [1.807, 2.05) is 6.92 Å². The van der Waals surface area contributed by atoms with Gasteiger partial charge in [0.1, 0.15) is 12.4 Å². The molecular formula is C14H23N5O3. The highest BCUT2D eigenvalue weighted by Gasteiger charge is 2.18. The van der Waals surface area contributed by atoms with Crippen molar-refractivity contribution in [2.24, 2.45) is 12.8 Å². The topological polar surface area (TPSA) is 97.1 Å². The second-order valence-corrected chi connectivity index (χ2v) is 5.17. The van der Waals surface area contributed by atoms with Crippen molar-refractivity contribution in [3.05, 3.63) is 26.7 Å². The van der Waals surface area contributed by atoms with Gasteiger partial charge in [0.2, 0.25) is 0 Å². The van der Waals surface area contributed by atoms with Gasteiger partial charge in [-0.15, -0.1) is 0 Å². The third kappa shape index (κ3) is 2.71. The van der Waals surface area contributed by atoms with Crippen LogP contribution >= 0.6 is 0 Å². The molecule has 0 amide bonds. The van der Waals surface area contributed by atoms with Gasteiger partial charge >= 0.3 is 5.69 Å². The Kier molecular flexibility index (Phi) is 5.15. The lowest BCUT2D eigenvalue weighted by Crippen LogP contribution is -2.40. The lowest BCUT2D eigenvalue weighted by atomic mass is 10.3. The summed E-state index contributed by atoms with van der Waals surface area (Å²) in [4.78, 5) is 29.6. The van der Waals surface area contributed by atoms with E-state index in [1.54, 1.807) is 18.7 Å². The van der Waals surface area contributed by atoms with Crippen LogP contribution in [-0.4, -0.2) is 32.3 Å². The predicted molar refractivity (Wildman–Crippen MR) is 83.9 cm³/mol. The molecule has 0 bridgehead atoms. The Morgan fingerprint density at radius 1 is 1.23 bits per heavy atom. The van der Waals surface area contributed by atoms with Crippen LogP contribution in [0.4, 0.5) is 0 Å². The van der Waals surface area contributed by atoms with Gasteiger partial charge in [-0.05, 0) is 26.3 Å². The van der Waals surface area contributed by atoms with Crippen LogP contribution in [0.3, 0.4) is 0 Å². The van der Waals surface area contributed by atoms with Gasteiger partial charge in [0, 0.05) is 27.2 Å². The zero-order valence-electron chi connectivity index (χ0n) is 13.3. The lowest BCUT2D eigenvalue weighted by molar-refractivity contribution is 0.175. The Morgan fingerprint density at radius 2 is 1.95 bits per heavy atom. The number of rotatable bonds is 7. The van der Waals surface area contributed by atoms with Crippen molar-refractivity contribution in [2.75, 3.05) is 13.7 Å². The number of aryl methyl sites for hydroxylation is 2. The molecule has 0 spiro atoms. The molecule has 2 aromatic rings. The van der Waals surface area contributed by atoms with Crippen molar-refractivity contribution in [3.8, 4) is 0 Å².